The Morgan fingerprint density at radius 3 is 2.39 bits per heavy atom. The molecule has 0 bridgehead atoms. The Labute approximate surface area is 192 Å². The van der Waals surface area contributed by atoms with Crippen molar-refractivity contribution in [3.05, 3.63) is 65.2 Å². The molecule has 0 aromatic heterocycles. The Balaban J connectivity index is 1.71. The minimum atomic E-state index is -4.43. The number of sulfonamides is 1. The van der Waals surface area contributed by atoms with Gasteiger partial charge in [-0.25, -0.2) is 12.7 Å². The number of halogens is 3. The molecule has 33 heavy (non-hydrogen) atoms. The number of rotatable bonds is 9. The van der Waals surface area contributed by atoms with E-state index in [0.29, 0.717) is 11.1 Å². The molecule has 0 aliphatic heterocycles. The van der Waals surface area contributed by atoms with E-state index < -0.39 is 21.8 Å². The smallest absolute Gasteiger partial charge is 0.351 e. The molecule has 1 aliphatic carbocycles. The zero-order valence-corrected chi connectivity index (χ0v) is 19.6. The molecule has 2 aromatic rings. The highest BCUT2D eigenvalue weighted by atomic mass is 32.2. The van der Waals surface area contributed by atoms with Crippen LogP contribution in [0.4, 0.5) is 13.2 Å². The number of carbonyl (C=O) groups is 1. The highest BCUT2D eigenvalue weighted by Crippen LogP contribution is 2.36. The molecule has 1 N–H and O–H groups in total. The fourth-order valence-electron chi connectivity index (χ4n) is 3.67. The number of hydrogen-bond acceptors (Lipinski definition) is 4. The fourth-order valence-corrected chi connectivity index (χ4v) is 4.78. The van der Waals surface area contributed by atoms with E-state index in [-0.39, 0.29) is 36.0 Å². The molecule has 1 atom stereocenters. The Kier molecular flexibility index (Phi) is 7.50. The first-order valence-electron chi connectivity index (χ1n) is 10.6. The van der Waals surface area contributed by atoms with Gasteiger partial charge >= 0.3 is 6.18 Å². The normalized spacial score (nSPS) is 15.6. The summed E-state index contributed by atoms with van der Waals surface area (Å²) in [6.45, 7) is 1.82. The fraction of sp³-hybridized carbons (Fsp3) is 0.435. The molecule has 180 valence electrons. The van der Waals surface area contributed by atoms with Gasteiger partial charge in [0.15, 0.2) is 0 Å². The molecule has 10 heteroatoms. The third-order valence-electron chi connectivity index (χ3n) is 5.74. The lowest BCUT2D eigenvalue weighted by molar-refractivity contribution is -0.137. The maximum atomic E-state index is 13.1. The molecule has 1 fully saturated rings. The van der Waals surface area contributed by atoms with Crippen molar-refractivity contribution < 1.29 is 26.4 Å². The van der Waals surface area contributed by atoms with Crippen molar-refractivity contribution in [2.75, 3.05) is 20.6 Å². The van der Waals surface area contributed by atoms with Gasteiger partial charge in [0.25, 0.3) is 0 Å². The molecule has 3 rings (SSSR count). The van der Waals surface area contributed by atoms with Crippen LogP contribution in [-0.4, -0.2) is 50.2 Å². The van der Waals surface area contributed by atoms with Crippen LogP contribution < -0.4 is 5.32 Å². The van der Waals surface area contributed by atoms with Gasteiger partial charge in [0.2, 0.25) is 15.9 Å². The van der Waals surface area contributed by atoms with Crippen molar-refractivity contribution in [1.82, 2.24) is 14.5 Å². The molecule has 1 saturated carbocycles. The van der Waals surface area contributed by atoms with E-state index in [1.54, 1.807) is 31.2 Å². The van der Waals surface area contributed by atoms with Crippen LogP contribution in [-0.2, 0) is 27.5 Å². The van der Waals surface area contributed by atoms with E-state index in [1.165, 1.54) is 26.2 Å². The molecule has 6 nitrogen and oxygen atoms in total. The summed E-state index contributed by atoms with van der Waals surface area (Å²) in [5.74, 6) is -0.321. The van der Waals surface area contributed by atoms with Gasteiger partial charge < -0.3 is 5.32 Å². The SMILES string of the molecule is CC(c1cccc(C(F)(F)F)c1)N(CC(=O)NCc1ccccc1S(=O)(=O)N(C)C)C1CC1. The van der Waals surface area contributed by atoms with E-state index in [9.17, 15) is 26.4 Å². The van der Waals surface area contributed by atoms with Crippen molar-refractivity contribution >= 4 is 15.9 Å². The Bertz CT molecular complexity index is 1100. The predicted octanol–water partition coefficient (Wildman–Crippen LogP) is 3.80. The van der Waals surface area contributed by atoms with Crippen LogP contribution in [0.1, 0.15) is 42.5 Å². The lowest BCUT2D eigenvalue weighted by Crippen LogP contribution is -2.40. The molecule has 1 aliphatic rings. The largest absolute Gasteiger partial charge is 0.416 e. The summed E-state index contributed by atoms with van der Waals surface area (Å²) in [7, 11) is -0.792. The standard InChI is InChI=1S/C23H28F3N3O3S/c1-16(17-8-6-9-19(13-17)23(24,25)26)29(20-11-12-20)15-22(30)27-14-18-7-4-5-10-21(18)33(31,32)28(2)3/h4-10,13,16,20H,11-12,14-15H2,1-3H3,(H,27,30). The summed E-state index contributed by atoms with van der Waals surface area (Å²) in [5, 5.41) is 2.76. The quantitative estimate of drug-likeness (QED) is 0.589. The summed E-state index contributed by atoms with van der Waals surface area (Å²) in [6, 6.07) is 11.4. The van der Waals surface area contributed by atoms with Gasteiger partial charge in [-0.3, -0.25) is 9.69 Å². The molecule has 0 radical (unpaired) electrons. The highest BCUT2D eigenvalue weighted by Gasteiger charge is 2.35. The van der Waals surface area contributed by atoms with Gasteiger partial charge in [0.1, 0.15) is 0 Å². The summed E-state index contributed by atoms with van der Waals surface area (Å²) >= 11 is 0. The van der Waals surface area contributed by atoms with E-state index in [1.807, 2.05) is 4.90 Å². The number of nitrogens with one attached hydrogen (secondary N) is 1. The molecule has 1 amide bonds. The second-order valence-corrected chi connectivity index (χ2v) is 10.5. The minimum absolute atomic E-state index is 0.00464. The average molecular weight is 484 g/mol. The van der Waals surface area contributed by atoms with Crippen LogP contribution in [0.5, 0.6) is 0 Å². The summed E-state index contributed by atoms with van der Waals surface area (Å²) < 4.78 is 65.5. The number of amides is 1. The average Bonchev–Trinajstić information content (AvgIpc) is 3.60. The number of hydrogen-bond donors (Lipinski definition) is 1. The monoisotopic (exact) mass is 483 g/mol. The molecular weight excluding hydrogens is 455 g/mol. The van der Waals surface area contributed by atoms with Gasteiger partial charge in [-0.05, 0) is 49.1 Å². The van der Waals surface area contributed by atoms with Crippen molar-refractivity contribution in [2.45, 2.75) is 49.5 Å². The Hall–Kier alpha value is -2.43. The van der Waals surface area contributed by atoms with Gasteiger partial charge in [0, 0.05) is 32.7 Å². The maximum absolute atomic E-state index is 13.1. The number of nitrogens with zero attached hydrogens (tertiary/aromatic N) is 2. The van der Waals surface area contributed by atoms with Crippen molar-refractivity contribution in [1.29, 1.82) is 0 Å². The number of alkyl halides is 3. The van der Waals surface area contributed by atoms with E-state index in [0.717, 1.165) is 29.3 Å². The Morgan fingerprint density at radius 1 is 1.12 bits per heavy atom. The van der Waals surface area contributed by atoms with Crippen LogP contribution >= 0.6 is 0 Å². The van der Waals surface area contributed by atoms with Gasteiger partial charge in [0.05, 0.1) is 17.0 Å². The molecule has 2 aromatic carbocycles. The maximum Gasteiger partial charge on any atom is 0.416 e. The molecule has 0 spiro atoms. The molecule has 1 unspecified atom stereocenters. The zero-order chi connectivity index (χ0) is 24.4. The first kappa shape index (κ1) is 25.2. The van der Waals surface area contributed by atoms with Crippen molar-refractivity contribution in [2.24, 2.45) is 0 Å². The third kappa shape index (κ3) is 6.13. The van der Waals surface area contributed by atoms with Gasteiger partial charge in [-0.2, -0.15) is 13.2 Å². The van der Waals surface area contributed by atoms with E-state index in [4.69, 9.17) is 0 Å². The van der Waals surface area contributed by atoms with Crippen molar-refractivity contribution in [3.8, 4) is 0 Å². The van der Waals surface area contributed by atoms with E-state index >= 15 is 0 Å². The molecule has 0 saturated heterocycles. The predicted molar refractivity (Wildman–Crippen MR) is 119 cm³/mol. The second kappa shape index (κ2) is 9.82. The lowest BCUT2D eigenvalue weighted by atomic mass is 10.0. The minimum Gasteiger partial charge on any atom is -0.351 e. The van der Waals surface area contributed by atoms with Crippen molar-refractivity contribution in [3.63, 3.8) is 0 Å². The highest BCUT2D eigenvalue weighted by molar-refractivity contribution is 7.89. The molecular formula is C23H28F3N3O3S. The number of carbonyl (C=O) groups excluding carboxylic acids is 1. The summed E-state index contributed by atoms with van der Waals surface area (Å²) in [5.41, 5.74) is 0.237. The van der Waals surface area contributed by atoms with Crippen LogP contribution in [0.2, 0.25) is 0 Å². The van der Waals surface area contributed by atoms with Crippen LogP contribution in [0.25, 0.3) is 0 Å². The summed E-state index contributed by atoms with van der Waals surface area (Å²) in [4.78, 5) is 14.7. The number of benzene rings is 2. The van der Waals surface area contributed by atoms with Gasteiger partial charge in [-0.1, -0.05) is 30.3 Å². The zero-order valence-electron chi connectivity index (χ0n) is 18.8. The molecule has 0 heterocycles. The Morgan fingerprint density at radius 2 is 1.79 bits per heavy atom. The second-order valence-electron chi connectivity index (χ2n) is 8.37. The topological polar surface area (TPSA) is 69.7 Å². The first-order valence-corrected chi connectivity index (χ1v) is 12.1. The van der Waals surface area contributed by atoms with Crippen LogP contribution in [0, 0.1) is 0 Å². The lowest BCUT2D eigenvalue weighted by Gasteiger charge is -2.29. The van der Waals surface area contributed by atoms with Crippen LogP contribution in [0.15, 0.2) is 53.4 Å². The third-order valence-corrected chi connectivity index (χ3v) is 7.66. The van der Waals surface area contributed by atoms with Gasteiger partial charge in [-0.15, -0.1) is 0 Å². The summed E-state index contributed by atoms with van der Waals surface area (Å²) in [6.07, 6.45) is -2.68. The van der Waals surface area contributed by atoms with Crippen LogP contribution in [0.3, 0.4) is 0 Å². The van der Waals surface area contributed by atoms with E-state index in [2.05, 4.69) is 5.32 Å². The first-order chi connectivity index (χ1) is 15.4.